The predicted molar refractivity (Wildman–Crippen MR) is 148 cm³/mol. The summed E-state index contributed by atoms with van der Waals surface area (Å²) < 4.78 is 0. The van der Waals surface area contributed by atoms with Gasteiger partial charge in [0.05, 0.1) is 17.2 Å². The van der Waals surface area contributed by atoms with E-state index in [2.05, 4.69) is 16.8 Å². The molecule has 0 radical (unpaired) electrons. The number of aliphatic hydroxyl groups excluding tert-OH is 2. The highest BCUT2D eigenvalue weighted by Gasteiger charge is 2.63. The number of aromatic nitrogens is 1. The molecule has 0 saturated heterocycles. The number of amides is 1. The second-order valence-electron chi connectivity index (χ2n) is 11.0. The van der Waals surface area contributed by atoms with Crippen LogP contribution in [-0.4, -0.2) is 87.6 Å². The van der Waals surface area contributed by atoms with Crippen LogP contribution in [0.1, 0.15) is 33.5 Å². The third-order valence-corrected chi connectivity index (χ3v) is 8.18. The number of nitrogens with two attached hydrogens (primary N) is 1. The Balaban J connectivity index is 1.72. The molecule has 0 saturated carbocycles. The zero-order valence-electron chi connectivity index (χ0n) is 23.0. The van der Waals surface area contributed by atoms with Gasteiger partial charge in [-0.05, 0) is 56.6 Å². The van der Waals surface area contributed by atoms with Crippen molar-refractivity contribution >= 4 is 23.2 Å². The van der Waals surface area contributed by atoms with Gasteiger partial charge in [0.1, 0.15) is 22.8 Å². The average Bonchev–Trinajstić information content (AvgIpc) is 2.90. The number of Topliss-reactive ketones (excluding diaryl/α,β-unsaturated/α-hetero) is 2. The SMILES string of the molecule is CN(C)c1cc(C#Cc2cccnc2)c(O)c2c1CC1CC3[C@H](N(C)C)C(O)=C(C(N)=O)C(=O)[C@@]3(O)C(O)=C1C2=O. The molecule has 4 atom stereocenters. The standard InChI is InChI=1S/C30H30N4O7/c1-33(2)19-12-15(8-7-14-6-5-9-32-13-14)24(35)21-17(19)10-16-11-18-23(34(3)4)26(37)22(29(31)40)28(39)30(18,41)27(38)20(16)25(21)36/h5-6,9,12-13,16,18,23,35,37-38,41H,10-11H2,1-4H3,(H2,31,40)/t16?,18?,23-,30-/m0/s1. The minimum Gasteiger partial charge on any atom is -0.510 e. The average molecular weight is 559 g/mol. The van der Waals surface area contributed by atoms with Crippen molar-refractivity contribution in [2.75, 3.05) is 33.1 Å². The monoisotopic (exact) mass is 558 g/mol. The molecule has 212 valence electrons. The zero-order valence-corrected chi connectivity index (χ0v) is 23.0. The Morgan fingerprint density at radius 3 is 2.44 bits per heavy atom. The number of hydrogen-bond donors (Lipinski definition) is 5. The summed E-state index contributed by atoms with van der Waals surface area (Å²) in [5.74, 6) is -1.16. The molecule has 0 fully saturated rings. The molecule has 3 aliphatic rings. The van der Waals surface area contributed by atoms with Crippen LogP contribution in [0.25, 0.3) is 0 Å². The van der Waals surface area contributed by atoms with Gasteiger partial charge in [-0.2, -0.15) is 0 Å². The number of nitrogens with zero attached hydrogens (tertiary/aromatic N) is 3. The normalized spacial score (nSPS) is 25.3. The largest absolute Gasteiger partial charge is 0.510 e. The molecule has 5 rings (SSSR count). The van der Waals surface area contributed by atoms with Crippen molar-refractivity contribution in [2.45, 2.75) is 24.5 Å². The van der Waals surface area contributed by atoms with Gasteiger partial charge < -0.3 is 31.1 Å². The lowest BCUT2D eigenvalue weighted by atomic mass is 9.58. The van der Waals surface area contributed by atoms with Crippen molar-refractivity contribution in [1.82, 2.24) is 9.88 Å². The number of fused-ring (bicyclic) bond motifs is 3. The molecule has 0 aliphatic heterocycles. The molecule has 1 amide bonds. The number of benzene rings is 1. The fourth-order valence-electron chi connectivity index (χ4n) is 6.37. The first-order valence-electron chi connectivity index (χ1n) is 12.9. The van der Waals surface area contributed by atoms with Crippen molar-refractivity contribution < 1.29 is 34.8 Å². The number of aromatic hydroxyl groups is 1. The summed E-state index contributed by atoms with van der Waals surface area (Å²) in [5.41, 5.74) is 3.45. The Labute approximate surface area is 236 Å². The van der Waals surface area contributed by atoms with E-state index >= 15 is 0 Å². The van der Waals surface area contributed by atoms with Crippen molar-refractivity contribution in [3.63, 3.8) is 0 Å². The molecule has 1 heterocycles. The third kappa shape index (κ3) is 4.06. The lowest BCUT2D eigenvalue weighted by Crippen LogP contribution is -2.63. The number of pyridine rings is 1. The molecule has 1 aromatic heterocycles. The number of phenolic OH excluding ortho intramolecular Hbond substituents is 1. The summed E-state index contributed by atoms with van der Waals surface area (Å²) in [6.45, 7) is 0. The highest BCUT2D eigenvalue weighted by Crippen LogP contribution is 2.53. The van der Waals surface area contributed by atoms with Gasteiger partial charge in [0.15, 0.2) is 11.4 Å². The van der Waals surface area contributed by atoms with Crippen molar-refractivity contribution in [3.05, 3.63) is 75.5 Å². The Kier molecular flexibility index (Phi) is 6.64. The second-order valence-corrected chi connectivity index (χ2v) is 11.0. The molecule has 1 aromatic carbocycles. The van der Waals surface area contributed by atoms with Gasteiger partial charge in [0.2, 0.25) is 5.78 Å². The molecule has 0 bridgehead atoms. The molecule has 11 heteroatoms. The zero-order chi connectivity index (χ0) is 30.0. The second kappa shape index (κ2) is 9.76. The molecule has 2 unspecified atom stereocenters. The van der Waals surface area contributed by atoms with Gasteiger partial charge in [-0.3, -0.25) is 24.3 Å². The van der Waals surface area contributed by atoms with Crippen LogP contribution in [0.3, 0.4) is 0 Å². The van der Waals surface area contributed by atoms with E-state index in [9.17, 15) is 34.8 Å². The van der Waals surface area contributed by atoms with Gasteiger partial charge in [-0.1, -0.05) is 11.8 Å². The van der Waals surface area contributed by atoms with E-state index in [1.54, 1.807) is 63.7 Å². The molecule has 2 aromatic rings. The number of likely N-dealkylation sites (N-methyl/N-ethyl adjacent to an activating group) is 1. The minimum atomic E-state index is -2.69. The van der Waals surface area contributed by atoms with E-state index in [1.165, 1.54) is 4.90 Å². The van der Waals surface area contributed by atoms with Crippen LogP contribution in [-0.2, 0) is 16.0 Å². The van der Waals surface area contributed by atoms with Crippen LogP contribution < -0.4 is 10.6 Å². The first-order valence-corrected chi connectivity index (χ1v) is 12.9. The Morgan fingerprint density at radius 2 is 1.85 bits per heavy atom. The molecular weight excluding hydrogens is 528 g/mol. The van der Waals surface area contributed by atoms with Gasteiger partial charge >= 0.3 is 0 Å². The van der Waals surface area contributed by atoms with E-state index in [-0.39, 0.29) is 29.5 Å². The quantitative estimate of drug-likeness (QED) is 0.269. The number of ketones is 2. The molecule has 11 nitrogen and oxygen atoms in total. The summed E-state index contributed by atoms with van der Waals surface area (Å²) in [7, 11) is 6.75. The number of carbonyl (C=O) groups is 3. The van der Waals surface area contributed by atoms with E-state index in [0.29, 0.717) is 16.8 Å². The van der Waals surface area contributed by atoms with Gasteiger partial charge in [-0.25, -0.2) is 0 Å². The number of phenols is 1. The summed E-state index contributed by atoms with van der Waals surface area (Å²) in [5, 5.41) is 45.4. The smallest absolute Gasteiger partial charge is 0.255 e. The summed E-state index contributed by atoms with van der Waals surface area (Å²) in [4.78, 5) is 47.0. The van der Waals surface area contributed by atoms with Crippen LogP contribution in [0.2, 0.25) is 0 Å². The van der Waals surface area contributed by atoms with Gasteiger partial charge in [-0.15, -0.1) is 0 Å². The van der Waals surface area contributed by atoms with E-state index in [1.807, 2.05) is 0 Å². The number of hydrogen-bond acceptors (Lipinski definition) is 10. The van der Waals surface area contributed by atoms with E-state index in [0.717, 1.165) is 0 Å². The van der Waals surface area contributed by atoms with Gasteiger partial charge in [0.25, 0.3) is 5.91 Å². The van der Waals surface area contributed by atoms with Crippen LogP contribution in [0, 0.1) is 23.7 Å². The Morgan fingerprint density at radius 1 is 1.15 bits per heavy atom. The number of anilines is 1. The molecule has 0 spiro atoms. The third-order valence-electron chi connectivity index (χ3n) is 8.18. The first kappa shape index (κ1) is 27.9. The van der Waals surface area contributed by atoms with Gasteiger partial charge in [0, 0.05) is 49.2 Å². The Hall–Kier alpha value is -4.66. The highest BCUT2D eigenvalue weighted by molar-refractivity contribution is 6.25. The lowest BCUT2D eigenvalue weighted by Gasteiger charge is -2.50. The predicted octanol–water partition coefficient (Wildman–Crippen LogP) is 0.981. The number of primary amides is 1. The van der Waals surface area contributed by atoms with Crippen molar-refractivity contribution in [1.29, 1.82) is 0 Å². The van der Waals surface area contributed by atoms with Crippen LogP contribution in [0.4, 0.5) is 5.69 Å². The van der Waals surface area contributed by atoms with Crippen LogP contribution in [0.15, 0.2) is 53.3 Å². The fraction of sp³-hybridized carbons (Fsp3) is 0.333. The molecular formula is C30H30N4O7. The molecule has 6 N–H and O–H groups in total. The number of rotatable bonds is 3. The maximum atomic E-state index is 14.1. The number of allylic oxidation sites excluding steroid dienone is 1. The summed E-state index contributed by atoms with van der Waals surface area (Å²) in [6, 6.07) is 4.09. The van der Waals surface area contributed by atoms with Crippen LogP contribution in [0.5, 0.6) is 5.75 Å². The van der Waals surface area contributed by atoms with Crippen molar-refractivity contribution in [2.24, 2.45) is 17.6 Å². The van der Waals surface area contributed by atoms with Crippen molar-refractivity contribution in [3.8, 4) is 17.6 Å². The highest BCUT2D eigenvalue weighted by atomic mass is 16.3. The summed E-state index contributed by atoms with van der Waals surface area (Å²) >= 11 is 0. The van der Waals surface area contributed by atoms with E-state index in [4.69, 9.17) is 5.73 Å². The number of aliphatic hydroxyl groups is 3. The lowest BCUT2D eigenvalue weighted by molar-refractivity contribution is -0.148. The first-order chi connectivity index (χ1) is 19.3. The van der Waals surface area contributed by atoms with Crippen LogP contribution >= 0.6 is 0 Å². The fourth-order valence-corrected chi connectivity index (χ4v) is 6.37. The number of carbonyl (C=O) groups excluding carboxylic acids is 3. The maximum Gasteiger partial charge on any atom is 0.255 e. The topological polar surface area (TPSA) is 178 Å². The Bertz CT molecular complexity index is 1630. The molecule has 41 heavy (non-hydrogen) atoms. The minimum absolute atomic E-state index is 0.0158. The molecule has 3 aliphatic carbocycles. The maximum absolute atomic E-state index is 14.1. The summed E-state index contributed by atoms with van der Waals surface area (Å²) in [6.07, 6.45) is 3.36. The van der Waals surface area contributed by atoms with E-state index < -0.39 is 63.8 Å².